The van der Waals surface area contributed by atoms with Crippen LogP contribution in [0.15, 0.2) is 29.4 Å². The lowest BCUT2D eigenvalue weighted by molar-refractivity contribution is 0.0954. The molecule has 4 heteroatoms. The highest BCUT2D eigenvalue weighted by Gasteiger charge is 2.24. The van der Waals surface area contributed by atoms with Crippen LogP contribution in [-0.2, 0) is 0 Å². The Morgan fingerprint density at radius 2 is 2.00 bits per heavy atom. The molecule has 2 rings (SSSR count). The van der Waals surface area contributed by atoms with Gasteiger partial charge in [-0.25, -0.2) is 5.43 Å². The molecule has 0 aliphatic heterocycles. The third-order valence-electron chi connectivity index (χ3n) is 2.85. The van der Waals surface area contributed by atoms with Crippen LogP contribution in [0.2, 0.25) is 0 Å². The van der Waals surface area contributed by atoms with E-state index >= 15 is 0 Å². The Bertz CT molecular complexity index is 433. The molecule has 0 heterocycles. The Morgan fingerprint density at radius 1 is 1.35 bits per heavy atom. The van der Waals surface area contributed by atoms with Gasteiger partial charge >= 0.3 is 0 Å². The number of carbonyl (C=O) groups excluding carboxylic acids is 1. The number of nitrogens with one attached hydrogen (secondary N) is 1. The molecule has 1 aliphatic carbocycles. The van der Waals surface area contributed by atoms with Gasteiger partial charge in [0.05, 0.1) is 7.11 Å². The first-order valence-electron chi connectivity index (χ1n) is 5.69. The molecule has 0 saturated heterocycles. The second kappa shape index (κ2) is 4.99. The molecule has 0 spiro atoms. The summed E-state index contributed by atoms with van der Waals surface area (Å²) in [7, 11) is 1.60. The van der Waals surface area contributed by atoms with Gasteiger partial charge in [0.15, 0.2) is 0 Å². The third kappa shape index (κ3) is 3.06. The summed E-state index contributed by atoms with van der Waals surface area (Å²) >= 11 is 0. The Labute approximate surface area is 101 Å². The highest BCUT2D eigenvalue weighted by atomic mass is 16.5. The lowest BCUT2D eigenvalue weighted by Gasteiger charge is -2.03. The predicted molar refractivity (Wildman–Crippen MR) is 66.3 cm³/mol. The molecule has 1 fully saturated rings. The molecule has 0 atom stereocenters. The van der Waals surface area contributed by atoms with Crippen LogP contribution in [0.3, 0.4) is 0 Å². The van der Waals surface area contributed by atoms with Gasteiger partial charge in [-0.2, -0.15) is 5.10 Å². The fraction of sp³-hybridized carbons (Fsp3) is 0.385. The van der Waals surface area contributed by atoms with Gasteiger partial charge in [0, 0.05) is 11.3 Å². The van der Waals surface area contributed by atoms with Crippen molar-refractivity contribution in [2.45, 2.75) is 19.8 Å². The third-order valence-corrected chi connectivity index (χ3v) is 2.85. The van der Waals surface area contributed by atoms with Crippen molar-refractivity contribution < 1.29 is 9.53 Å². The zero-order valence-corrected chi connectivity index (χ0v) is 10.1. The molecule has 0 unspecified atom stereocenters. The van der Waals surface area contributed by atoms with E-state index in [1.165, 1.54) is 12.8 Å². The molecule has 1 aromatic rings. The smallest absolute Gasteiger partial charge is 0.271 e. The summed E-state index contributed by atoms with van der Waals surface area (Å²) in [5, 5.41) is 4.09. The minimum Gasteiger partial charge on any atom is -0.497 e. The molecule has 90 valence electrons. The Hall–Kier alpha value is -1.84. The summed E-state index contributed by atoms with van der Waals surface area (Å²) in [6, 6.07) is 6.95. The number of rotatable bonds is 4. The summed E-state index contributed by atoms with van der Waals surface area (Å²) in [5.74, 6) is 1.12. The number of benzene rings is 1. The van der Waals surface area contributed by atoms with Crippen molar-refractivity contribution in [3.05, 3.63) is 29.8 Å². The zero-order valence-electron chi connectivity index (χ0n) is 10.1. The van der Waals surface area contributed by atoms with E-state index in [9.17, 15) is 4.79 Å². The van der Waals surface area contributed by atoms with Crippen molar-refractivity contribution in [3.8, 4) is 5.75 Å². The number of carbonyl (C=O) groups is 1. The van der Waals surface area contributed by atoms with Crippen LogP contribution < -0.4 is 10.2 Å². The molecular weight excluding hydrogens is 216 g/mol. The molecule has 0 aromatic heterocycles. The minimum absolute atomic E-state index is 0.187. The van der Waals surface area contributed by atoms with Crippen molar-refractivity contribution in [3.63, 3.8) is 0 Å². The number of hydrogen-bond donors (Lipinski definition) is 1. The van der Waals surface area contributed by atoms with E-state index in [4.69, 9.17) is 4.74 Å². The Morgan fingerprint density at radius 3 is 2.53 bits per heavy atom. The number of amides is 1. The molecule has 0 radical (unpaired) electrons. The van der Waals surface area contributed by atoms with E-state index in [0.29, 0.717) is 11.5 Å². The first-order chi connectivity index (χ1) is 8.20. The standard InChI is InChI=1S/C13H16N2O2/c1-9(10-3-4-10)14-15-13(16)11-5-7-12(17-2)8-6-11/h5-8,10H,3-4H2,1-2H3,(H,15,16)/b14-9+. The summed E-state index contributed by atoms with van der Waals surface area (Å²) in [6.45, 7) is 1.95. The van der Waals surface area contributed by atoms with E-state index in [0.717, 1.165) is 11.5 Å². The maximum atomic E-state index is 11.7. The second-order valence-electron chi connectivity index (χ2n) is 4.20. The van der Waals surface area contributed by atoms with Crippen molar-refractivity contribution in [1.29, 1.82) is 0 Å². The summed E-state index contributed by atoms with van der Waals surface area (Å²) < 4.78 is 5.03. The van der Waals surface area contributed by atoms with E-state index < -0.39 is 0 Å². The van der Waals surface area contributed by atoms with Gasteiger partial charge in [-0.05, 0) is 49.9 Å². The average Bonchev–Trinajstić information content (AvgIpc) is 3.20. The summed E-state index contributed by atoms with van der Waals surface area (Å²) in [4.78, 5) is 11.7. The second-order valence-corrected chi connectivity index (χ2v) is 4.20. The lowest BCUT2D eigenvalue weighted by Crippen LogP contribution is -2.19. The van der Waals surface area contributed by atoms with Gasteiger partial charge < -0.3 is 4.74 Å². The van der Waals surface area contributed by atoms with Crippen LogP contribution in [0, 0.1) is 5.92 Å². The van der Waals surface area contributed by atoms with Crippen molar-refractivity contribution in [1.82, 2.24) is 5.43 Å². The van der Waals surface area contributed by atoms with Gasteiger partial charge in [0.2, 0.25) is 0 Å². The Kier molecular flexibility index (Phi) is 3.42. The lowest BCUT2D eigenvalue weighted by atomic mass is 10.2. The quantitative estimate of drug-likeness (QED) is 0.639. The summed E-state index contributed by atoms with van der Waals surface area (Å²) in [5.41, 5.74) is 4.15. The molecule has 0 bridgehead atoms. The van der Waals surface area contributed by atoms with Crippen molar-refractivity contribution in [2.24, 2.45) is 11.0 Å². The number of hydrogen-bond acceptors (Lipinski definition) is 3. The number of nitrogens with zero attached hydrogens (tertiary/aromatic N) is 1. The maximum Gasteiger partial charge on any atom is 0.271 e. The molecule has 4 nitrogen and oxygen atoms in total. The number of ether oxygens (including phenoxy) is 1. The maximum absolute atomic E-state index is 11.7. The van der Waals surface area contributed by atoms with Crippen molar-refractivity contribution in [2.75, 3.05) is 7.11 Å². The van der Waals surface area contributed by atoms with E-state index in [2.05, 4.69) is 10.5 Å². The molecule has 17 heavy (non-hydrogen) atoms. The minimum atomic E-state index is -0.187. The zero-order chi connectivity index (χ0) is 12.3. The normalized spacial score (nSPS) is 15.5. The van der Waals surface area contributed by atoms with Gasteiger partial charge in [0.1, 0.15) is 5.75 Å². The van der Waals surface area contributed by atoms with Crippen LogP contribution in [0.1, 0.15) is 30.1 Å². The van der Waals surface area contributed by atoms with Crippen molar-refractivity contribution >= 4 is 11.6 Å². The largest absolute Gasteiger partial charge is 0.497 e. The van der Waals surface area contributed by atoms with Crippen LogP contribution in [0.4, 0.5) is 0 Å². The van der Waals surface area contributed by atoms with Crippen LogP contribution in [-0.4, -0.2) is 18.7 Å². The van der Waals surface area contributed by atoms with Crippen LogP contribution in [0.5, 0.6) is 5.75 Å². The molecule has 1 N–H and O–H groups in total. The molecule has 1 amide bonds. The number of methoxy groups -OCH3 is 1. The van der Waals surface area contributed by atoms with E-state index in [-0.39, 0.29) is 5.91 Å². The topological polar surface area (TPSA) is 50.7 Å². The van der Waals surface area contributed by atoms with Gasteiger partial charge in [-0.15, -0.1) is 0 Å². The molecule has 1 aliphatic rings. The van der Waals surface area contributed by atoms with Crippen LogP contribution >= 0.6 is 0 Å². The van der Waals surface area contributed by atoms with E-state index in [1.54, 1.807) is 31.4 Å². The fourth-order valence-corrected chi connectivity index (χ4v) is 1.54. The predicted octanol–water partition coefficient (Wildman–Crippen LogP) is 2.21. The van der Waals surface area contributed by atoms with Crippen LogP contribution in [0.25, 0.3) is 0 Å². The SMILES string of the molecule is COc1ccc(C(=O)N/N=C(\C)C2CC2)cc1. The highest BCUT2D eigenvalue weighted by molar-refractivity contribution is 5.95. The van der Waals surface area contributed by atoms with E-state index in [1.807, 2.05) is 6.92 Å². The molecular formula is C13H16N2O2. The van der Waals surface area contributed by atoms with Gasteiger partial charge in [0.25, 0.3) is 5.91 Å². The monoisotopic (exact) mass is 232 g/mol. The average molecular weight is 232 g/mol. The number of hydrazone groups is 1. The highest BCUT2D eigenvalue weighted by Crippen LogP contribution is 2.30. The molecule has 1 aromatic carbocycles. The summed E-state index contributed by atoms with van der Waals surface area (Å²) in [6.07, 6.45) is 2.38. The van der Waals surface area contributed by atoms with Gasteiger partial charge in [-0.3, -0.25) is 4.79 Å². The first-order valence-corrected chi connectivity index (χ1v) is 5.69. The fourth-order valence-electron chi connectivity index (χ4n) is 1.54. The van der Waals surface area contributed by atoms with Gasteiger partial charge in [-0.1, -0.05) is 0 Å². The first kappa shape index (κ1) is 11.6. The Balaban J connectivity index is 1.96. The molecule has 1 saturated carbocycles.